The van der Waals surface area contributed by atoms with E-state index in [2.05, 4.69) is 0 Å². The highest BCUT2D eigenvalue weighted by Gasteiger charge is 2.31. The van der Waals surface area contributed by atoms with Crippen LogP contribution in [0.3, 0.4) is 0 Å². The highest BCUT2D eigenvalue weighted by atomic mass is 19.4. The van der Waals surface area contributed by atoms with Crippen molar-refractivity contribution in [3.8, 4) is 5.75 Å². The van der Waals surface area contributed by atoms with Gasteiger partial charge in [-0.2, -0.15) is 13.2 Å². The number of hydrogen-bond acceptors (Lipinski definition) is 3. The Kier molecular flexibility index (Phi) is 3.21. The number of rotatable bonds is 2. The van der Waals surface area contributed by atoms with Crippen LogP contribution in [0.15, 0.2) is 18.2 Å². The van der Waals surface area contributed by atoms with E-state index in [9.17, 15) is 18.3 Å². The lowest BCUT2D eigenvalue weighted by Gasteiger charge is -2.14. The van der Waals surface area contributed by atoms with Crippen molar-refractivity contribution in [2.24, 2.45) is 11.5 Å². The lowest BCUT2D eigenvalue weighted by atomic mass is 10.0. The van der Waals surface area contributed by atoms with Crippen molar-refractivity contribution in [1.29, 1.82) is 0 Å². The van der Waals surface area contributed by atoms with E-state index in [-0.39, 0.29) is 17.9 Å². The van der Waals surface area contributed by atoms with Gasteiger partial charge in [0, 0.05) is 18.2 Å². The Morgan fingerprint density at radius 3 is 2.40 bits per heavy atom. The Morgan fingerprint density at radius 1 is 1.33 bits per heavy atom. The minimum Gasteiger partial charge on any atom is -0.508 e. The fourth-order valence-corrected chi connectivity index (χ4v) is 1.15. The third kappa shape index (κ3) is 2.60. The van der Waals surface area contributed by atoms with Gasteiger partial charge in [-0.3, -0.25) is 0 Å². The van der Waals surface area contributed by atoms with Crippen LogP contribution < -0.4 is 11.5 Å². The van der Waals surface area contributed by atoms with Crippen molar-refractivity contribution in [3.63, 3.8) is 0 Å². The van der Waals surface area contributed by atoms with Crippen molar-refractivity contribution in [2.45, 2.75) is 12.2 Å². The maximum absolute atomic E-state index is 12.3. The van der Waals surface area contributed by atoms with Gasteiger partial charge in [-0.05, 0) is 18.2 Å². The van der Waals surface area contributed by atoms with Gasteiger partial charge in [0.05, 0.1) is 5.56 Å². The molecule has 3 nitrogen and oxygen atoms in total. The van der Waals surface area contributed by atoms with E-state index in [4.69, 9.17) is 11.5 Å². The summed E-state index contributed by atoms with van der Waals surface area (Å²) in [5.41, 5.74) is 9.83. The Labute approximate surface area is 84.5 Å². The molecule has 0 fully saturated rings. The molecule has 0 aliphatic rings. The number of phenolic OH excluding ortho intramolecular Hbond substituents is 1. The van der Waals surface area contributed by atoms with Crippen LogP contribution in [0.1, 0.15) is 17.2 Å². The number of alkyl halides is 3. The number of phenols is 1. The molecule has 0 aliphatic carbocycles. The van der Waals surface area contributed by atoms with E-state index in [1.807, 2.05) is 0 Å². The minimum atomic E-state index is -4.45. The van der Waals surface area contributed by atoms with Crippen LogP contribution in [0.2, 0.25) is 0 Å². The maximum Gasteiger partial charge on any atom is 0.416 e. The van der Waals surface area contributed by atoms with Crippen LogP contribution in [-0.2, 0) is 6.18 Å². The molecular formula is C9H11F3N2O. The maximum atomic E-state index is 12.3. The van der Waals surface area contributed by atoms with E-state index >= 15 is 0 Å². The smallest absolute Gasteiger partial charge is 0.416 e. The van der Waals surface area contributed by atoms with Gasteiger partial charge in [0.25, 0.3) is 0 Å². The molecule has 15 heavy (non-hydrogen) atoms. The fourth-order valence-electron chi connectivity index (χ4n) is 1.15. The number of hydrogen-bond donors (Lipinski definition) is 3. The molecule has 1 atom stereocenters. The predicted molar refractivity (Wildman–Crippen MR) is 49.1 cm³/mol. The molecule has 1 aromatic carbocycles. The third-order valence-electron chi connectivity index (χ3n) is 2.01. The molecule has 84 valence electrons. The summed E-state index contributed by atoms with van der Waals surface area (Å²) < 4.78 is 36.9. The predicted octanol–water partition coefficient (Wildman–Crippen LogP) is 1.37. The zero-order valence-electron chi connectivity index (χ0n) is 7.75. The van der Waals surface area contributed by atoms with Gasteiger partial charge in [0.15, 0.2) is 0 Å². The van der Waals surface area contributed by atoms with Gasteiger partial charge in [0.2, 0.25) is 0 Å². The number of halogens is 3. The first-order chi connectivity index (χ1) is 6.86. The molecule has 0 aliphatic heterocycles. The molecule has 5 N–H and O–H groups in total. The molecule has 0 saturated heterocycles. The SMILES string of the molecule is NC[C@@H](N)c1cc(C(F)(F)F)ccc1O. The largest absolute Gasteiger partial charge is 0.508 e. The second-order valence-corrected chi connectivity index (χ2v) is 3.11. The van der Waals surface area contributed by atoms with Gasteiger partial charge < -0.3 is 16.6 Å². The molecule has 0 unspecified atom stereocenters. The first-order valence-electron chi connectivity index (χ1n) is 4.22. The first-order valence-corrected chi connectivity index (χ1v) is 4.22. The molecule has 0 heterocycles. The molecule has 0 saturated carbocycles. The summed E-state index contributed by atoms with van der Waals surface area (Å²) in [6, 6.07) is 1.77. The average Bonchev–Trinajstić information content (AvgIpc) is 2.15. The van der Waals surface area contributed by atoms with Gasteiger partial charge in [-0.15, -0.1) is 0 Å². The Hall–Kier alpha value is -1.27. The topological polar surface area (TPSA) is 72.3 Å². The summed E-state index contributed by atoms with van der Waals surface area (Å²) in [7, 11) is 0. The second kappa shape index (κ2) is 4.08. The molecule has 6 heteroatoms. The van der Waals surface area contributed by atoms with E-state index in [0.29, 0.717) is 0 Å². The van der Waals surface area contributed by atoms with Crippen LogP contribution in [-0.4, -0.2) is 11.7 Å². The Balaban J connectivity index is 3.17. The molecule has 0 amide bonds. The number of benzene rings is 1. The highest BCUT2D eigenvalue weighted by molar-refractivity contribution is 5.39. The summed E-state index contributed by atoms with van der Waals surface area (Å²) in [6.07, 6.45) is -4.45. The van der Waals surface area contributed by atoms with E-state index < -0.39 is 17.8 Å². The van der Waals surface area contributed by atoms with Crippen LogP contribution in [0.4, 0.5) is 13.2 Å². The standard InChI is InChI=1S/C9H11F3N2O/c10-9(11,12)5-1-2-8(15)6(3-5)7(14)4-13/h1-3,7,15H,4,13-14H2/t7-/m1/s1. The lowest BCUT2D eigenvalue weighted by Crippen LogP contribution is -2.21. The normalized spacial score (nSPS) is 13.9. The van der Waals surface area contributed by atoms with Crippen LogP contribution in [0.25, 0.3) is 0 Å². The number of aromatic hydroxyl groups is 1. The summed E-state index contributed by atoms with van der Waals surface area (Å²) in [5.74, 6) is -0.277. The summed E-state index contributed by atoms with van der Waals surface area (Å²) in [6.45, 7) is -0.0329. The van der Waals surface area contributed by atoms with E-state index in [0.717, 1.165) is 18.2 Å². The van der Waals surface area contributed by atoms with Crippen LogP contribution in [0.5, 0.6) is 5.75 Å². The molecule has 0 bridgehead atoms. The lowest BCUT2D eigenvalue weighted by molar-refractivity contribution is -0.137. The fraction of sp³-hybridized carbons (Fsp3) is 0.333. The van der Waals surface area contributed by atoms with Crippen molar-refractivity contribution >= 4 is 0 Å². The van der Waals surface area contributed by atoms with Gasteiger partial charge in [-0.1, -0.05) is 0 Å². The second-order valence-electron chi connectivity index (χ2n) is 3.11. The number of nitrogens with two attached hydrogens (primary N) is 2. The summed E-state index contributed by atoms with van der Waals surface area (Å²) >= 11 is 0. The quantitative estimate of drug-likeness (QED) is 0.704. The van der Waals surface area contributed by atoms with E-state index in [1.54, 1.807) is 0 Å². The van der Waals surface area contributed by atoms with Crippen molar-refractivity contribution in [3.05, 3.63) is 29.3 Å². The molecular weight excluding hydrogens is 209 g/mol. The molecule has 1 rings (SSSR count). The van der Waals surface area contributed by atoms with Crippen LogP contribution >= 0.6 is 0 Å². The van der Waals surface area contributed by atoms with E-state index in [1.165, 1.54) is 0 Å². The summed E-state index contributed by atoms with van der Waals surface area (Å²) in [5, 5.41) is 9.30. The highest BCUT2D eigenvalue weighted by Crippen LogP contribution is 2.33. The Morgan fingerprint density at radius 2 is 1.93 bits per heavy atom. The van der Waals surface area contributed by atoms with Gasteiger partial charge in [0.1, 0.15) is 5.75 Å². The first kappa shape index (κ1) is 11.8. The van der Waals surface area contributed by atoms with Gasteiger partial charge >= 0.3 is 6.18 Å². The van der Waals surface area contributed by atoms with Gasteiger partial charge in [-0.25, -0.2) is 0 Å². The van der Waals surface area contributed by atoms with Crippen molar-refractivity contribution in [1.82, 2.24) is 0 Å². The monoisotopic (exact) mass is 220 g/mol. The zero-order valence-corrected chi connectivity index (χ0v) is 7.75. The zero-order chi connectivity index (χ0) is 11.6. The molecule has 1 aromatic rings. The molecule has 0 radical (unpaired) electrons. The third-order valence-corrected chi connectivity index (χ3v) is 2.01. The summed E-state index contributed by atoms with van der Waals surface area (Å²) in [4.78, 5) is 0. The minimum absolute atomic E-state index is 0.00678. The van der Waals surface area contributed by atoms with Crippen molar-refractivity contribution in [2.75, 3.05) is 6.54 Å². The average molecular weight is 220 g/mol. The van der Waals surface area contributed by atoms with Crippen LogP contribution in [0, 0.1) is 0 Å². The molecule has 0 aromatic heterocycles. The Bertz CT molecular complexity index is 352. The van der Waals surface area contributed by atoms with Crippen molar-refractivity contribution < 1.29 is 18.3 Å². The molecule has 0 spiro atoms.